The standard InChI is InChI=1S/C26H22F4N4O2S/c1-14-7-20(33-23(8-14)34-22-10-17(4-6-31-22)26(28,29)30)21-12-32-24(37-21)25(36)5-2-3-15-9-16(13-35)19(27)11-18(15)25/h4,6-12,35-36H,2-3,5,13H2,1H3,(H,31,33,34)/t25-/m0/s1. The molecule has 5 rings (SSSR count). The van der Waals surface area contributed by atoms with Crippen LogP contribution in [-0.4, -0.2) is 25.2 Å². The molecule has 11 heteroatoms. The summed E-state index contributed by atoms with van der Waals surface area (Å²) in [6.45, 7) is 1.40. The fourth-order valence-corrected chi connectivity index (χ4v) is 5.53. The van der Waals surface area contributed by atoms with E-state index in [4.69, 9.17) is 0 Å². The Hall–Kier alpha value is -3.41. The van der Waals surface area contributed by atoms with Crippen LogP contribution in [0, 0.1) is 12.7 Å². The van der Waals surface area contributed by atoms with Crippen LogP contribution < -0.4 is 5.32 Å². The molecule has 3 heterocycles. The van der Waals surface area contributed by atoms with Crippen LogP contribution >= 0.6 is 11.3 Å². The van der Waals surface area contributed by atoms with Crippen LogP contribution in [0.3, 0.4) is 0 Å². The minimum absolute atomic E-state index is 0.00117. The van der Waals surface area contributed by atoms with Crippen LogP contribution in [0.15, 0.2) is 48.8 Å². The summed E-state index contributed by atoms with van der Waals surface area (Å²) in [5, 5.41) is 24.2. The number of rotatable bonds is 5. The number of fused-ring (bicyclic) bond motifs is 1. The summed E-state index contributed by atoms with van der Waals surface area (Å²) >= 11 is 1.21. The van der Waals surface area contributed by atoms with E-state index in [1.807, 2.05) is 6.92 Å². The van der Waals surface area contributed by atoms with Gasteiger partial charge in [-0.2, -0.15) is 13.2 Å². The zero-order chi connectivity index (χ0) is 26.4. The molecule has 1 aliphatic carbocycles. The molecule has 0 amide bonds. The van der Waals surface area contributed by atoms with E-state index in [0.29, 0.717) is 46.2 Å². The maximum atomic E-state index is 14.5. The second kappa shape index (κ2) is 9.47. The summed E-state index contributed by atoms with van der Waals surface area (Å²) in [6.07, 6.45) is -0.174. The molecule has 0 radical (unpaired) electrons. The highest BCUT2D eigenvalue weighted by atomic mass is 32.1. The number of thiazole rings is 1. The molecule has 4 aromatic rings. The van der Waals surface area contributed by atoms with Crippen LogP contribution in [0.25, 0.3) is 10.6 Å². The number of hydrogen-bond acceptors (Lipinski definition) is 7. The molecule has 0 fully saturated rings. The minimum Gasteiger partial charge on any atom is -0.392 e. The molecule has 0 saturated carbocycles. The van der Waals surface area contributed by atoms with Crippen molar-refractivity contribution < 1.29 is 27.8 Å². The molecule has 0 bridgehead atoms. The molecule has 0 spiro atoms. The molecule has 192 valence electrons. The third-order valence-corrected chi connectivity index (χ3v) is 7.47. The van der Waals surface area contributed by atoms with E-state index in [1.165, 1.54) is 17.4 Å². The van der Waals surface area contributed by atoms with Crippen molar-refractivity contribution in [2.24, 2.45) is 0 Å². The molecule has 1 aliphatic rings. The lowest BCUT2D eigenvalue weighted by Gasteiger charge is -2.33. The fourth-order valence-electron chi connectivity index (χ4n) is 4.52. The van der Waals surface area contributed by atoms with Gasteiger partial charge in [-0.3, -0.25) is 0 Å². The lowest BCUT2D eigenvalue weighted by Crippen LogP contribution is -2.32. The molecule has 3 aromatic heterocycles. The number of nitrogens with zero attached hydrogens (tertiary/aromatic N) is 3. The lowest BCUT2D eigenvalue weighted by molar-refractivity contribution is -0.137. The average Bonchev–Trinajstić information content (AvgIpc) is 3.35. The van der Waals surface area contributed by atoms with Crippen LogP contribution in [0.1, 0.15) is 45.7 Å². The summed E-state index contributed by atoms with van der Waals surface area (Å²) in [5.41, 5.74) is 0.386. The van der Waals surface area contributed by atoms with Crippen molar-refractivity contribution in [3.63, 3.8) is 0 Å². The number of aromatic nitrogens is 3. The maximum absolute atomic E-state index is 14.5. The number of aliphatic hydroxyl groups excluding tert-OH is 1. The Morgan fingerprint density at radius 1 is 1.11 bits per heavy atom. The second-order valence-corrected chi connectivity index (χ2v) is 10.0. The van der Waals surface area contributed by atoms with Gasteiger partial charge in [0.1, 0.15) is 28.1 Å². The van der Waals surface area contributed by atoms with E-state index in [-0.39, 0.29) is 11.4 Å². The Morgan fingerprint density at radius 3 is 2.68 bits per heavy atom. The first kappa shape index (κ1) is 25.2. The minimum atomic E-state index is -4.50. The molecule has 1 aromatic carbocycles. The number of anilines is 2. The Balaban J connectivity index is 1.47. The van der Waals surface area contributed by atoms with Crippen molar-refractivity contribution in [3.8, 4) is 10.6 Å². The van der Waals surface area contributed by atoms with Crippen molar-refractivity contribution >= 4 is 23.0 Å². The zero-order valence-electron chi connectivity index (χ0n) is 19.6. The summed E-state index contributed by atoms with van der Waals surface area (Å²) in [7, 11) is 0. The van der Waals surface area contributed by atoms with Crippen LogP contribution in [0.4, 0.5) is 29.2 Å². The Kier molecular flexibility index (Phi) is 6.47. The first-order valence-electron chi connectivity index (χ1n) is 11.5. The second-order valence-electron chi connectivity index (χ2n) is 8.97. The predicted octanol–water partition coefficient (Wildman–Crippen LogP) is 5.87. The molecule has 3 N–H and O–H groups in total. The highest BCUT2D eigenvalue weighted by Crippen LogP contribution is 2.44. The monoisotopic (exact) mass is 530 g/mol. The highest BCUT2D eigenvalue weighted by molar-refractivity contribution is 7.15. The molecular weight excluding hydrogens is 508 g/mol. The zero-order valence-corrected chi connectivity index (χ0v) is 20.4. The quantitative estimate of drug-likeness (QED) is 0.280. The van der Waals surface area contributed by atoms with E-state index in [9.17, 15) is 27.8 Å². The van der Waals surface area contributed by atoms with Gasteiger partial charge in [-0.25, -0.2) is 19.3 Å². The van der Waals surface area contributed by atoms with E-state index in [2.05, 4.69) is 20.3 Å². The molecule has 0 aliphatic heterocycles. The van der Waals surface area contributed by atoms with Gasteiger partial charge in [-0.05, 0) is 73.2 Å². The normalized spacial score (nSPS) is 17.5. The smallest absolute Gasteiger partial charge is 0.392 e. The predicted molar refractivity (Wildman–Crippen MR) is 131 cm³/mol. The lowest BCUT2D eigenvalue weighted by atomic mass is 9.78. The number of pyridine rings is 2. The number of aryl methyl sites for hydroxylation is 2. The van der Waals surface area contributed by atoms with Gasteiger partial charge in [0, 0.05) is 18.0 Å². The Labute approximate surface area is 213 Å². The molecular formula is C26H22F4N4O2S. The summed E-state index contributed by atoms with van der Waals surface area (Å²) in [6, 6.07) is 8.14. The highest BCUT2D eigenvalue weighted by Gasteiger charge is 2.39. The van der Waals surface area contributed by atoms with E-state index >= 15 is 0 Å². The van der Waals surface area contributed by atoms with Crippen LogP contribution in [0.2, 0.25) is 0 Å². The molecule has 1 atom stereocenters. The summed E-state index contributed by atoms with van der Waals surface area (Å²) < 4.78 is 53.7. The van der Waals surface area contributed by atoms with Gasteiger partial charge in [0.15, 0.2) is 0 Å². The molecule has 0 saturated heterocycles. The van der Waals surface area contributed by atoms with E-state index in [0.717, 1.165) is 29.5 Å². The van der Waals surface area contributed by atoms with Crippen molar-refractivity contribution in [3.05, 3.63) is 87.4 Å². The molecule has 0 unspecified atom stereocenters. The van der Waals surface area contributed by atoms with E-state index in [1.54, 1.807) is 24.4 Å². The first-order chi connectivity index (χ1) is 17.6. The van der Waals surface area contributed by atoms with Crippen LogP contribution in [-0.2, 0) is 24.8 Å². The summed E-state index contributed by atoms with van der Waals surface area (Å²) in [5.74, 6) is -0.281. The number of benzene rings is 1. The number of aliphatic hydroxyl groups is 2. The number of alkyl halides is 3. The van der Waals surface area contributed by atoms with Crippen molar-refractivity contribution in [1.29, 1.82) is 0 Å². The van der Waals surface area contributed by atoms with Gasteiger partial charge >= 0.3 is 6.18 Å². The van der Waals surface area contributed by atoms with Crippen molar-refractivity contribution in [2.45, 2.75) is 44.6 Å². The first-order valence-corrected chi connectivity index (χ1v) is 12.3. The maximum Gasteiger partial charge on any atom is 0.416 e. The average molecular weight is 531 g/mol. The van der Waals surface area contributed by atoms with Crippen molar-refractivity contribution in [1.82, 2.24) is 15.0 Å². The van der Waals surface area contributed by atoms with Gasteiger partial charge in [-0.15, -0.1) is 11.3 Å². The topological polar surface area (TPSA) is 91.2 Å². The largest absolute Gasteiger partial charge is 0.416 e. The van der Waals surface area contributed by atoms with Gasteiger partial charge < -0.3 is 15.5 Å². The number of hydrogen-bond donors (Lipinski definition) is 3. The van der Waals surface area contributed by atoms with Gasteiger partial charge in [0.25, 0.3) is 0 Å². The Morgan fingerprint density at radius 2 is 1.92 bits per heavy atom. The van der Waals surface area contributed by atoms with Gasteiger partial charge in [-0.1, -0.05) is 6.07 Å². The van der Waals surface area contributed by atoms with Gasteiger partial charge in [0.05, 0.1) is 22.7 Å². The SMILES string of the molecule is Cc1cc(Nc2cc(C(F)(F)F)ccn2)nc(-c2cnc([C@]3(O)CCCc4cc(CO)c(F)cc43)s2)c1. The Bertz CT molecular complexity index is 1470. The molecule has 37 heavy (non-hydrogen) atoms. The third kappa shape index (κ3) is 4.94. The third-order valence-electron chi connectivity index (χ3n) is 6.30. The number of nitrogens with one attached hydrogen (secondary N) is 1. The molecule has 6 nitrogen and oxygen atoms in total. The van der Waals surface area contributed by atoms with Gasteiger partial charge in [0.2, 0.25) is 0 Å². The van der Waals surface area contributed by atoms with Crippen molar-refractivity contribution in [2.75, 3.05) is 5.32 Å². The number of halogens is 4. The fraction of sp³-hybridized carbons (Fsp3) is 0.269. The van der Waals surface area contributed by atoms with Crippen LogP contribution in [0.5, 0.6) is 0 Å². The summed E-state index contributed by atoms with van der Waals surface area (Å²) in [4.78, 5) is 13.5. The van der Waals surface area contributed by atoms with E-state index < -0.39 is 29.8 Å².